The van der Waals surface area contributed by atoms with Gasteiger partial charge in [-0.05, 0) is 45.2 Å². The predicted octanol–water partition coefficient (Wildman–Crippen LogP) is 1.97. The topological polar surface area (TPSA) is 73.9 Å². The van der Waals surface area contributed by atoms with Gasteiger partial charge in [-0.3, -0.25) is 4.79 Å². The number of carbonyl (C=O) groups is 1. The Hall–Kier alpha value is -2.20. The largest absolute Gasteiger partial charge is 0.333 e. The Balaban J connectivity index is 1.71. The van der Waals surface area contributed by atoms with Gasteiger partial charge < -0.3 is 15.5 Å². The first-order chi connectivity index (χ1) is 14.0. The van der Waals surface area contributed by atoms with Gasteiger partial charge in [-0.2, -0.15) is 5.26 Å². The molecule has 0 fully saturated rings. The molecule has 2 heterocycles. The van der Waals surface area contributed by atoms with E-state index in [0.29, 0.717) is 17.1 Å². The third-order valence-electron chi connectivity index (χ3n) is 5.74. The zero-order valence-corrected chi connectivity index (χ0v) is 19.8. The van der Waals surface area contributed by atoms with E-state index in [9.17, 15) is 10.1 Å². The summed E-state index contributed by atoms with van der Waals surface area (Å²) in [5.74, 6) is -0.0474. The van der Waals surface area contributed by atoms with E-state index in [-0.39, 0.29) is 17.0 Å². The summed E-state index contributed by atoms with van der Waals surface area (Å²) in [5.41, 5.74) is 4.22. The fourth-order valence-electron chi connectivity index (χ4n) is 4.66. The highest BCUT2D eigenvalue weighted by Crippen LogP contribution is 2.41. The van der Waals surface area contributed by atoms with Crippen LogP contribution in [0.25, 0.3) is 0 Å². The number of aryl methyl sites for hydroxylation is 1. The van der Waals surface area contributed by atoms with Crippen molar-refractivity contribution in [1.82, 2.24) is 0 Å². The number of nitrogens with two attached hydrogens (primary N) is 1. The molecule has 1 aromatic heterocycles. The summed E-state index contributed by atoms with van der Waals surface area (Å²) < 4.78 is 0. The number of benzene rings is 1. The molecule has 1 aliphatic rings. The van der Waals surface area contributed by atoms with E-state index in [2.05, 4.69) is 75.6 Å². The van der Waals surface area contributed by atoms with Crippen LogP contribution in [-0.4, -0.2) is 25.0 Å². The number of likely N-dealkylation sites (N-methyl/N-ethyl adjacent to an activating group) is 1. The molecule has 3 rings (SSSR count). The monoisotopic (exact) mass is 426 g/mol. The molecule has 0 radical (unpaired) electrons. The van der Waals surface area contributed by atoms with Crippen LogP contribution in [-0.2, 0) is 29.7 Å². The second-order valence-electron chi connectivity index (χ2n) is 9.79. The molecule has 1 aliphatic heterocycles. The van der Waals surface area contributed by atoms with Crippen molar-refractivity contribution in [2.45, 2.75) is 65.1 Å². The summed E-state index contributed by atoms with van der Waals surface area (Å²) in [6.45, 7) is 12.1. The van der Waals surface area contributed by atoms with Crippen LogP contribution in [0.5, 0.6) is 0 Å². The minimum Gasteiger partial charge on any atom is -0.333 e. The lowest BCUT2D eigenvalue weighted by Gasteiger charge is -2.38. The number of amides is 1. The van der Waals surface area contributed by atoms with Crippen LogP contribution < -0.4 is 15.5 Å². The molecule has 30 heavy (non-hydrogen) atoms. The lowest BCUT2D eigenvalue weighted by Crippen LogP contribution is -3.08. The number of nitriles is 1. The predicted molar refractivity (Wildman–Crippen MR) is 122 cm³/mol. The minimum absolute atomic E-state index is 0.0299. The molecule has 1 aromatic carbocycles. The molecule has 160 valence electrons. The number of nitrogens with zero attached hydrogens (tertiary/aromatic N) is 1. The Bertz CT molecular complexity index is 966. The normalized spacial score (nSPS) is 17.6. The van der Waals surface area contributed by atoms with Crippen LogP contribution in [0, 0.1) is 11.3 Å². The first-order valence-electron chi connectivity index (χ1n) is 10.7. The zero-order valence-electron chi connectivity index (χ0n) is 19.0. The zero-order chi connectivity index (χ0) is 22.1. The second kappa shape index (κ2) is 8.50. The van der Waals surface area contributed by atoms with Crippen molar-refractivity contribution >= 4 is 22.2 Å². The summed E-state index contributed by atoms with van der Waals surface area (Å²) in [4.78, 5) is 15.1. The van der Waals surface area contributed by atoms with Gasteiger partial charge in [0, 0.05) is 12.0 Å². The van der Waals surface area contributed by atoms with E-state index in [0.717, 1.165) is 29.8 Å². The Morgan fingerprint density at radius 3 is 2.47 bits per heavy atom. The van der Waals surface area contributed by atoms with Crippen molar-refractivity contribution in [3.05, 3.63) is 51.4 Å². The first kappa shape index (κ1) is 22.5. The average Bonchev–Trinajstić information content (AvgIpc) is 2.98. The second-order valence-corrected chi connectivity index (χ2v) is 10.8. The molecule has 2 aromatic rings. The highest BCUT2D eigenvalue weighted by Gasteiger charge is 2.44. The molecule has 1 atom stereocenters. The molecule has 0 spiro atoms. The van der Waals surface area contributed by atoms with E-state index in [1.807, 2.05) is 7.05 Å². The summed E-state index contributed by atoms with van der Waals surface area (Å²) in [6.07, 6.45) is 1.86. The Morgan fingerprint density at radius 2 is 1.87 bits per heavy atom. The van der Waals surface area contributed by atoms with Crippen LogP contribution in [0.15, 0.2) is 24.3 Å². The van der Waals surface area contributed by atoms with Gasteiger partial charge in [0.2, 0.25) is 0 Å². The van der Waals surface area contributed by atoms with Crippen molar-refractivity contribution in [3.8, 4) is 6.07 Å². The van der Waals surface area contributed by atoms with E-state index in [1.54, 1.807) is 11.3 Å². The van der Waals surface area contributed by atoms with Crippen LogP contribution in [0.4, 0.5) is 5.00 Å². The van der Waals surface area contributed by atoms with Crippen molar-refractivity contribution in [1.29, 1.82) is 5.26 Å². The lowest BCUT2D eigenvalue weighted by atomic mass is 9.81. The molecular weight excluding hydrogens is 392 g/mol. The average molecular weight is 427 g/mol. The number of hydrogen-bond donors (Lipinski definition) is 3. The van der Waals surface area contributed by atoms with Gasteiger partial charge >= 0.3 is 0 Å². The van der Waals surface area contributed by atoms with E-state index in [4.69, 9.17) is 0 Å². The molecule has 0 bridgehead atoms. The molecule has 0 saturated heterocycles. The molecule has 6 heteroatoms. The molecule has 1 unspecified atom stereocenters. The number of nitrogens with one attached hydrogen (secondary N) is 2. The van der Waals surface area contributed by atoms with E-state index < -0.39 is 0 Å². The van der Waals surface area contributed by atoms with Gasteiger partial charge in [-0.25, -0.2) is 0 Å². The van der Waals surface area contributed by atoms with Crippen molar-refractivity contribution in [2.75, 3.05) is 18.9 Å². The molecule has 4 N–H and O–H groups in total. The van der Waals surface area contributed by atoms with Gasteiger partial charge in [0.1, 0.15) is 23.2 Å². The highest BCUT2D eigenvalue weighted by molar-refractivity contribution is 7.16. The Labute approximate surface area is 184 Å². The third kappa shape index (κ3) is 4.92. The molecule has 0 saturated carbocycles. The van der Waals surface area contributed by atoms with Crippen molar-refractivity contribution in [2.24, 2.45) is 0 Å². The number of hydrogen-bond acceptors (Lipinski definition) is 3. The van der Waals surface area contributed by atoms with Crippen molar-refractivity contribution in [3.63, 3.8) is 0 Å². The van der Waals surface area contributed by atoms with Gasteiger partial charge in [0.05, 0.1) is 23.0 Å². The van der Waals surface area contributed by atoms with Crippen LogP contribution in [0.3, 0.4) is 0 Å². The van der Waals surface area contributed by atoms with E-state index in [1.165, 1.54) is 16.0 Å². The quantitative estimate of drug-likeness (QED) is 0.661. The number of fused-ring (bicyclic) bond motifs is 1. The third-order valence-corrected chi connectivity index (χ3v) is 7.23. The fourth-order valence-corrected chi connectivity index (χ4v) is 5.92. The molecule has 1 amide bonds. The molecule has 5 nitrogen and oxygen atoms in total. The van der Waals surface area contributed by atoms with Crippen molar-refractivity contribution < 1.29 is 15.0 Å². The Kier molecular flexibility index (Phi) is 6.37. The highest BCUT2D eigenvalue weighted by atomic mass is 32.1. The summed E-state index contributed by atoms with van der Waals surface area (Å²) in [6, 6.07) is 10.9. The maximum Gasteiger partial charge on any atom is 0.280 e. The number of thiophene rings is 1. The molecule has 0 aliphatic carbocycles. The standard InChI is InChI=1S/C24H32N4OS/c1-7-16-8-10-17(11-9-16)14-28(6)15-20(29)26-22-19(13-25)18-12-23(2,3)27-24(4,5)21(18)30-22/h8-11,27H,7,12,14-15H2,1-6H3,(H,26,29)/p+2. The number of quaternary nitrogens is 2. The van der Waals surface area contributed by atoms with E-state index >= 15 is 0 Å². The smallest absolute Gasteiger partial charge is 0.280 e. The first-order valence-corrected chi connectivity index (χ1v) is 11.5. The van der Waals surface area contributed by atoms with Gasteiger partial charge in [-0.1, -0.05) is 31.2 Å². The maximum atomic E-state index is 12.7. The van der Waals surface area contributed by atoms with Crippen LogP contribution >= 0.6 is 11.3 Å². The number of carbonyl (C=O) groups excluding carboxylic acids is 1. The van der Waals surface area contributed by atoms with Gasteiger partial charge in [0.15, 0.2) is 6.54 Å². The molecular formula is C24H34N4OS+2. The summed E-state index contributed by atoms with van der Waals surface area (Å²) in [5, 5.41) is 15.9. The fraction of sp³-hybridized carbons (Fsp3) is 0.500. The Morgan fingerprint density at radius 1 is 1.23 bits per heavy atom. The SMILES string of the molecule is CCc1ccc(C[NH+](C)CC(=O)Nc2sc3c(c2C#N)CC(C)(C)[NH2+]C3(C)C)cc1. The minimum atomic E-state index is -0.108. The summed E-state index contributed by atoms with van der Waals surface area (Å²) >= 11 is 1.56. The maximum absolute atomic E-state index is 12.7. The van der Waals surface area contributed by atoms with Gasteiger partial charge in [0.25, 0.3) is 5.91 Å². The van der Waals surface area contributed by atoms with Gasteiger partial charge in [-0.15, -0.1) is 11.3 Å². The summed E-state index contributed by atoms with van der Waals surface area (Å²) in [7, 11) is 2.03. The van der Waals surface area contributed by atoms with Crippen LogP contribution in [0.1, 0.15) is 61.7 Å². The lowest BCUT2D eigenvalue weighted by molar-refractivity contribution is -0.885. The van der Waals surface area contributed by atoms with Crippen LogP contribution in [0.2, 0.25) is 0 Å². The number of anilines is 1. The number of rotatable bonds is 6.